The van der Waals surface area contributed by atoms with Gasteiger partial charge in [-0.3, -0.25) is 0 Å². The lowest BCUT2D eigenvalue weighted by atomic mass is 9.68. The first kappa shape index (κ1) is 17.2. The summed E-state index contributed by atoms with van der Waals surface area (Å²) in [6, 6.07) is 0.528. The second-order valence-corrected chi connectivity index (χ2v) is 7.52. The molecule has 0 aromatic heterocycles. The zero-order chi connectivity index (χ0) is 15.3. The van der Waals surface area contributed by atoms with Crippen molar-refractivity contribution in [1.29, 1.82) is 0 Å². The van der Waals surface area contributed by atoms with Crippen LogP contribution in [0, 0.1) is 11.3 Å². The molecule has 124 valence electrons. The predicted molar refractivity (Wildman–Crippen MR) is 87.6 cm³/mol. The van der Waals surface area contributed by atoms with Crippen LogP contribution in [0.1, 0.15) is 66.2 Å². The van der Waals surface area contributed by atoms with Crippen LogP contribution in [-0.4, -0.2) is 38.0 Å². The summed E-state index contributed by atoms with van der Waals surface area (Å²) < 4.78 is 12.0. The third kappa shape index (κ3) is 4.67. The van der Waals surface area contributed by atoms with E-state index in [-0.39, 0.29) is 0 Å². The molecule has 21 heavy (non-hydrogen) atoms. The zero-order valence-corrected chi connectivity index (χ0v) is 14.5. The van der Waals surface area contributed by atoms with Gasteiger partial charge in [0.05, 0.1) is 18.8 Å². The first-order valence-corrected chi connectivity index (χ1v) is 9.03. The van der Waals surface area contributed by atoms with Gasteiger partial charge in [0.25, 0.3) is 0 Å². The maximum absolute atomic E-state index is 6.31. The van der Waals surface area contributed by atoms with Gasteiger partial charge in [0.15, 0.2) is 0 Å². The smallest absolute Gasteiger partial charge is 0.0809 e. The molecule has 1 N–H and O–H groups in total. The fourth-order valence-corrected chi connectivity index (χ4v) is 3.81. The molecule has 2 aliphatic rings. The molecule has 4 atom stereocenters. The van der Waals surface area contributed by atoms with Gasteiger partial charge in [-0.15, -0.1) is 0 Å². The molecule has 0 aromatic rings. The maximum Gasteiger partial charge on any atom is 0.0809 e. The summed E-state index contributed by atoms with van der Waals surface area (Å²) in [6.07, 6.45) is 8.10. The molecule has 0 bridgehead atoms. The quantitative estimate of drug-likeness (QED) is 0.776. The van der Waals surface area contributed by atoms with Crippen molar-refractivity contribution in [3.05, 3.63) is 0 Å². The average Bonchev–Trinajstić information content (AvgIpc) is 2.99. The highest BCUT2D eigenvalue weighted by molar-refractivity contribution is 4.91. The standard InChI is InChI=1S/C18H35NO2/c1-5-18(3,4)14-9-10-16(19-6-2)17(12-14)21-13-15-8-7-11-20-15/h14-17,19H,5-13H2,1-4H3. The molecule has 1 aliphatic carbocycles. The van der Waals surface area contributed by atoms with E-state index in [2.05, 4.69) is 33.0 Å². The van der Waals surface area contributed by atoms with Crippen LogP contribution in [0.4, 0.5) is 0 Å². The van der Waals surface area contributed by atoms with Gasteiger partial charge in [-0.05, 0) is 50.0 Å². The van der Waals surface area contributed by atoms with Crippen LogP contribution in [0.25, 0.3) is 0 Å². The Bertz CT molecular complexity index is 300. The fraction of sp³-hybridized carbons (Fsp3) is 1.00. The Balaban J connectivity index is 1.90. The highest BCUT2D eigenvalue weighted by atomic mass is 16.5. The summed E-state index contributed by atoms with van der Waals surface area (Å²) in [4.78, 5) is 0. The van der Waals surface area contributed by atoms with Gasteiger partial charge in [-0.1, -0.05) is 34.1 Å². The van der Waals surface area contributed by atoms with E-state index in [9.17, 15) is 0 Å². The molecule has 3 heteroatoms. The molecule has 1 saturated heterocycles. The van der Waals surface area contributed by atoms with E-state index in [1.165, 1.54) is 38.5 Å². The molecule has 0 radical (unpaired) electrons. The van der Waals surface area contributed by atoms with Crippen molar-refractivity contribution in [2.45, 2.75) is 84.5 Å². The number of likely N-dealkylation sites (N-methyl/N-ethyl adjacent to an activating group) is 1. The van der Waals surface area contributed by atoms with Crippen LogP contribution in [0.15, 0.2) is 0 Å². The third-order valence-corrected chi connectivity index (χ3v) is 5.79. The van der Waals surface area contributed by atoms with Crippen LogP contribution in [0.3, 0.4) is 0 Å². The lowest BCUT2D eigenvalue weighted by molar-refractivity contribution is -0.0653. The summed E-state index contributed by atoms with van der Waals surface area (Å²) in [7, 11) is 0. The van der Waals surface area contributed by atoms with Crippen molar-refractivity contribution in [3.8, 4) is 0 Å². The van der Waals surface area contributed by atoms with Gasteiger partial charge in [-0.25, -0.2) is 0 Å². The molecule has 1 saturated carbocycles. The Kier molecular flexibility index (Phi) is 6.51. The van der Waals surface area contributed by atoms with Crippen molar-refractivity contribution in [2.75, 3.05) is 19.8 Å². The minimum absolute atomic E-state index is 0.340. The largest absolute Gasteiger partial charge is 0.376 e. The monoisotopic (exact) mass is 297 g/mol. The molecule has 0 aromatic carbocycles. The van der Waals surface area contributed by atoms with Gasteiger partial charge in [0.1, 0.15) is 0 Å². The van der Waals surface area contributed by atoms with E-state index in [1.54, 1.807) is 0 Å². The van der Waals surface area contributed by atoms with Crippen LogP contribution in [-0.2, 0) is 9.47 Å². The van der Waals surface area contributed by atoms with Crippen molar-refractivity contribution in [1.82, 2.24) is 5.32 Å². The van der Waals surface area contributed by atoms with E-state index in [4.69, 9.17) is 9.47 Å². The first-order valence-electron chi connectivity index (χ1n) is 9.03. The third-order valence-electron chi connectivity index (χ3n) is 5.79. The summed E-state index contributed by atoms with van der Waals surface area (Å²) >= 11 is 0. The molecule has 0 spiro atoms. The topological polar surface area (TPSA) is 30.5 Å². The number of hydrogen-bond donors (Lipinski definition) is 1. The van der Waals surface area contributed by atoms with Crippen LogP contribution >= 0.6 is 0 Å². The van der Waals surface area contributed by atoms with Gasteiger partial charge in [-0.2, -0.15) is 0 Å². The second kappa shape index (κ2) is 7.94. The Morgan fingerprint density at radius 2 is 2.00 bits per heavy atom. The second-order valence-electron chi connectivity index (χ2n) is 7.52. The molecule has 2 rings (SSSR count). The summed E-state index contributed by atoms with van der Waals surface area (Å²) in [6.45, 7) is 12.1. The van der Waals surface area contributed by atoms with Gasteiger partial charge >= 0.3 is 0 Å². The van der Waals surface area contributed by atoms with Crippen LogP contribution in [0.5, 0.6) is 0 Å². The number of rotatable bonds is 7. The lowest BCUT2D eigenvalue weighted by Gasteiger charge is -2.43. The molecular formula is C18H35NO2. The van der Waals surface area contributed by atoms with Crippen molar-refractivity contribution in [3.63, 3.8) is 0 Å². The zero-order valence-electron chi connectivity index (χ0n) is 14.5. The summed E-state index contributed by atoms with van der Waals surface area (Å²) in [5.41, 5.74) is 0.433. The highest BCUT2D eigenvalue weighted by Crippen LogP contribution is 2.41. The molecular weight excluding hydrogens is 262 g/mol. The van der Waals surface area contributed by atoms with Gasteiger partial charge < -0.3 is 14.8 Å². The van der Waals surface area contributed by atoms with Crippen LogP contribution in [0.2, 0.25) is 0 Å². The SMILES string of the molecule is CCNC1CCC(C(C)(C)CC)CC1OCC1CCCO1. The lowest BCUT2D eigenvalue weighted by Crippen LogP contribution is -2.48. The number of ether oxygens (including phenoxy) is 2. The molecule has 1 heterocycles. The van der Waals surface area contributed by atoms with Gasteiger partial charge in [0, 0.05) is 12.6 Å². The molecule has 2 fully saturated rings. The molecule has 3 nitrogen and oxygen atoms in total. The molecule has 1 aliphatic heterocycles. The predicted octanol–water partition coefficient (Wildman–Crippen LogP) is 3.77. The minimum Gasteiger partial charge on any atom is -0.376 e. The highest BCUT2D eigenvalue weighted by Gasteiger charge is 2.37. The average molecular weight is 297 g/mol. The fourth-order valence-electron chi connectivity index (χ4n) is 3.81. The van der Waals surface area contributed by atoms with E-state index in [1.807, 2.05) is 0 Å². The Morgan fingerprint density at radius 1 is 1.19 bits per heavy atom. The molecule has 4 unspecified atom stereocenters. The van der Waals surface area contributed by atoms with E-state index in [0.717, 1.165) is 25.7 Å². The van der Waals surface area contributed by atoms with E-state index < -0.39 is 0 Å². The van der Waals surface area contributed by atoms with E-state index in [0.29, 0.717) is 23.7 Å². The number of nitrogens with one attached hydrogen (secondary N) is 1. The maximum atomic E-state index is 6.31. The molecule has 0 amide bonds. The Morgan fingerprint density at radius 3 is 2.62 bits per heavy atom. The summed E-state index contributed by atoms with van der Waals surface area (Å²) in [5, 5.41) is 3.63. The van der Waals surface area contributed by atoms with Crippen molar-refractivity contribution >= 4 is 0 Å². The number of hydrogen-bond acceptors (Lipinski definition) is 3. The minimum atomic E-state index is 0.340. The Hall–Kier alpha value is -0.120. The van der Waals surface area contributed by atoms with Crippen LogP contribution < -0.4 is 5.32 Å². The van der Waals surface area contributed by atoms with Gasteiger partial charge in [0.2, 0.25) is 0 Å². The summed E-state index contributed by atoms with van der Waals surface area (Å²) in [5.74, 6) is 0.784. The first-order chi connectivity index (χ1) is 10.1. The normalized spacial score (nSPS) is 34.3. The Labute approximate surface area is 131 Å². The van der Waals surface area contributed by atoms with Crippen molar-refractivity contribution < 1.29 is 9.47 Å². The van der Waals surface area contributed by atoms with E-state index >= 15 is 0 Å². The van der Waals surface area contributed by atoms with Crippen molar-refractivity contribution in [2.24, 2.45) is 11.3 Å².